The normalized spacial score (nSPS) is 20.7. The summed E-state index contributed by atoms with van der Waals surface area (Å²) >= 11 is 0. The Bertz CT molecular complexity index is 858. The van der Waals surface area contributed by atoms with Gasteiger partial charge in [-0.3, -0.25) is 19.1 Å². The molecule has 0 radical (unpaired) electrons. The van der Waals surface area contributed by atoms with Crippen molar-refractivity contribution in [2.75, 3.05) is 13.6 Å². The smallest absolute Gasteiger partial charge is 0.321 e. The van der Waals surface area contributed by atoms with E-state index in [1.54, 1.807) is 28.7 Å². The molecular formula is C19H22N2O4. The van der Waals surface area contributed by atoms with E-state index in [0.29, 0.717) is 37.2 Å². The van der Waals surface area contributed by atoms with Crippen LogP contribution in [0.2, 0.25) is 0 Å². The summed E-state index contributed by atoms with van der Waals surface area (Å²) < 4.78 is 7.68. The van der Waals surface area contributed by atoms with Gasteiger partial charge in [0.25, 0.3) is 5.56 Å². The molecule has 1 aromatic carbocycles. The third-order valence-electron chi connectivity index (χ3n) is 4.62. The molecule has 0 saturated carbocycles. The fourth-order valence-electron chi connectivity index (χ4n) is 3.30. The molecule has 1 aliphatic heterocycles. The zero-order valence-corrected chi connectivity index (χ0v) is 14.2. The lowest BCUT2D eigenvalue weighted by Crippen LogP contribution is -2.32. The highest BCUT2D eigenvalue weighted by molar-refractivity contribution is 5.82. The Hall–Kier alpha value is -2.60. The number of nitrogens with zero attached hydrogens (tertiary/aromatic N) is 2. The molecule has 132 valence electrons. The third kappa shape index (κ3) is 3.44. The number of pyridine rings is 1. The number of rotatable bonds is 6. The summed E-state index contributed by atoms with van der Waals surface area (Å²) in [6.45, 7) is 4.70. The van der Waals surface area contributed by atoms with Crippen molar-refractivity contribution in [2.45, 2.75) is 31.5 Å². The Morgan fingerprint density at radius 3 is 2.88 bits per heavy atom. The average Bonchev–Trinajstić information content (AvgIpc) is 2.95. The molecule has 1 N–H and O–H groups in total. The number of aliphatic carboxylic acids is 1. The number of hydrogen-bond donors (Lipinski definition) is 1. The lowest BCUT2D eigenvalue weighted by atomic mass is 10.1. The number of allylic oxidation sites excluding steroid dienone is 1. The van der Waals surface area contributed by atoms with Gasteiger partial charge in [0.15, 0.2) is 5.88 Å². The number of carboxylic acids is 1. The van der Waals surface area contributed by atoms with Crippen LogP contribution in [-0.4, -0.2) is 46.3 Å². The molecule has 25 heavy (non-hydrogen) atoms. The van der Waals surface area contributed by atoms with E-state index >= 15 is 0 Å². The predicted octanol–water partition coefficient (Wildman–Crippen LogP) is 2.11. The number of fused-ring (bicyclic) bond motifs is 1. The second-order valence-electron chi connectivity index (χ2n) is 6.37. The first-order valence-electron chi connectivity index (χ1n) is 8.34. The number of carbonyl (C=O) groups is 1. The summed E-state index contributed by atoms with van der Waals surface area (Å²) in [6, 6.07) is 8.69. The van der Waals surface area contributed by atoms with Crippen LogP contribution in [0.4, 0.5) is 0 Å². The number of likely N-dealkylation sites (tertiary alicyclic amines) is 1. The minimum atomic E-state index is -0.851. The molecule has 6 heteroatoms. The van der Waals surface area contributed by atoms with Crippen LogP contribution in [0.5, 0.6) is 5.88 Å². The fraction of sp³-hybridized carbons (Fsp3) is 0.368. The molecule has 6 nitrogen and oxygen atoms in total. The van der Waals surface area contributed by atoms with Gasteiger partial charge in [-0.2, -0.15) is 0 Å². The highest BCUT2D eigenvalue weighted by Crippen LogP contribution is 2.24. The van der Waals surface area contributed by atoms with E-state index in [1.165, 1.54) is 0 Å². The fourth-order valence-corrected chi connectivity index (χ4v) is 3.30. The van der Waals surface area contributed by atoms with Crippen LogP contribution >= 0.6 is 0 Å². The van der Waals surface area contributed by atoms with E-state index in [-0.39, 0.29) is 11.7 Å². The quantitative estimate of drug-likeness (QED) is 0.814. The maximum atomic E-state index is 12.8. The van der Waals surface area contributed by atoms with Gasteiger partial charge in [0.05, 0.1) is 0 Å². The number of hydrogen-bond acceptors (Lipinski definition) is 4. The van der Waals surface area contributed by atoms with E-state index in [2.05, 4.69) is 6.58 Å². The molecular weight excluding hydrogens is 320 g/mol. The highest BCUT2D eigenvalue weighted by Gasteiger charge is 2.36. The van der Waals surface area contributed by atoms with E-state index < -0.39 is 12.0 Å². The van der Waals surface area contributed by atoms with Crippen LogP contribution in [0, 0.1) is 0 Å². The van der Waals surface area contributed by atoms with Crippen LogP contribution in [-0.2, 0) is 11.3 Å². The van der Waals surface area contributed by atoms with Crippen molar-refractivity contribution in [3.05, 3.63) is 53.3 Å². The molecule has 2 aromatic rings. The monoisotopic (exact) mass is 342 g/mol. The van der Waals surface area contributed by atoms with E-state index in [0.717, 1.165) is 5.39 Å². The van der Waals surface area contributed by atoms with Gasteiger partial charge in [-0.15, -0.1) is 6.58 Å². The molecule has 0 amide bonds. The summed E-state index contributed by atoms with van der Waals surface area (Å²) in [5.41, 5.74) is -0.101. The first-order valence-corrected chi connectivity index (χ1v) is 8.34. The largest absolute Gasteiger partial charge is 0.480 e. The molecule has 0 aliphatic carbocycles. The second-order valence-corrected chi connectivity index (χ2v) is 6.37. The maximum Gasteiger partial charge on any atom is 0.321 e. The van der Waals surface area contributed by atoms with Crippen LogP contribution in [0.15, 0.2) is 47.8 Å². The summed E-state index contributed by atoms with van der Waals surface area (Å²) in [5, 5.41) is 10.7. The first kappa shape index (κ1) is 17.2. The van der Waals surface area contributed by atoms with Crippen molar-refractivity contribution < 1.29 is 14.6 Å². The minimum Gasteiger partial charge on any atom is -0.480 e. The highest BCUT2D eigenvalue weighted by atomic mass is 16.5. The zero-order chi connectivity index (χ0) is 18.0. The van der Waals surface area contributed by atoms with Gasteiger partial charge in [0.2, 0.25) is 0 Å². The average molecular weight is 342 g/mol. The van der Waals surface area contributed by atoms with Crippen molar-refractivity contribution in [1.82, 2.24) is 9.47 Å². The third-order valence-corrected chi connectivity index (χ3v) is 4.62. The lowest BCUT2D eigenvalue weighted by molar-refractivity contribution is -0.141. The Kier molecular flexibility index (Phi) is 4.90. The lowest BCUT2D eigenvalue weighted by Gasteiger charge is -2.18. The number of likely N-dealkylation sites (N-methyl/N-ethyl adjacent to an activating group) is 1. The summed E-state index contributed by atoms with van der Waals surface area (Å²) in [4.78, 5) is 25.9. The predicted molar refractivity (Wildman–Crippen MR) is 96.1 cm³/mol. The van der Waals surface area contributed by atoms with E-state index in [1.807, 2.05) is 24.3 Å². The molecule has 2 heterocycles. The summed E-state index contributed by atoms with van der Waals surface area (Å²) in [7, 11) is 1.77. The van der Waals surface area contributed by atoms with Crippen molar-refractivity contribution in [3.8, 4) is 5.88 Å². The van der Waals surface area contributed by atoms with Crippen molar-refractivity contribution in [1.29, 1.82) is 0 Å². The topological polar surface area (TPSA) is 71.8 Å². The molecule has 0 unspecified atom stereocenters. The first-order chi connectivity index (χ1) is 12.0. The maximum absolute atomic E-state index is 12.8. The van der Waals surface area contributed by atoms with Gasteiger partial charge in [-0.1, -0.05) is 24.3 Å². The van der Waals surface area contributed by atoms with E-state index in [4.69, 9.17) is 4.74 Å². The number of benzene rings is 1. The van der Waals surface area contributed by atoms with Gasteiger partial charge in [-0.05, 0) is 24.9 Å². The van der Waals surface area contributed by atoms with Gasteiger partial charge in [0, 0.05) is 31.0 Å². The summed E-state index contributed by atoms with van der Waals surface area (Å²) in [5.74, 6) is -0.369. The van der Waals surface area contributed by atoms with Crippen molar-refractivity contribution in [2.24, 2.45) is 0 Å². The summed E-state index contributed by atoms with van der Waals surface area (Å²) in [6.07, 6.45) is 2.54. The van der Waals surface area contributed by atoms with Gasteiger partial charge in [0.1, 0.15) is 12.1 Å². The minimum absolute atomic E-state index is 0.101. The van der Waals surface area contributed by atoms with Crippen LogP contribution in [0.1, 0.15) is 12.8 Å². The van der Waals surface area contributed by atoms with Gasteiger partial charge < -0.3 is 9.84 Å². The number of ether oxygens (including phenoxy) is 1. The number of carboxylic acid groups (broad SMARTS) is 1. The molecule has 1 aromatic heterocycles. The van der Waals surface area contributed by atoms with E-state index in [9.17, 15) is 14.7 Å². The van der Waals surface area contributed by atoms with Crippen molar-refractivity contribution in [3.63, 3.8) is 0 Å². The zero-order valence-electron chi connectivity index (χ0n) is 14.2. The molecule has 0 bridgehead atoms. The standard InChI is InChI=1S/C19H22N2O4/c1-3-4-9-21-17(10-13-7-5-6-8-15(13)18(21)22)25-14-11-16(19(23)24)20(2)12-14/h3,5-8,10,14,16H,1,4,9,11-12H2,2H3,(H,23,24)/t14-,16+/m1/s1. The molecule has 3 rings (SSSR count). The Morgan fingerprint density at radius 2 is 2.20 bits per heavy atom. The Morgan fingerprint density at radius 1 is 1.44 bits per heavy atom. The SMILES string of the molecule is C=CCCn1c(O[C@@H]2C[C@@H](C(=O)O)N(C)C2)cc2ccccc2c1=O. The van der Waals surface area contributed by atoms with Crippen molar-refractivity contribution >= 4 is 16.7 Å². The Balaban J connectivity index is 1.95. The second kappa shape index (κ2) is 7.11. The van der Waals surface area contributed by atoms with Crippen LogP contribution in [0.25, 0.3) is 10.8 Å². The van der Waals surface area contributed by atoms with Crippen LogP contribution < -0.4 is 10.3 Å². The molecule has 1 fully saturated rings. The van der Waals surface area contributed by atoms with Crippen LogP contribution in [0.3, 0.4) is 0 Å². The molecule has 2 atom stereocenters. The molecule has 0 spiro atoms. The van der Waals surface area contributed by atoms with Gasteiger partial charge in [-0.25, -0.2) is 0 Å². The molecule has 1 saturated heterocycles. The van der Waals surface area contributed by atoms with Gasteiger partial charge >= 0.3 is 5.97 Å². The molecule has 1 aliphatic rings. The Labute approximate surface area is 145 Å². The number of aromatic nitrogens is 1.